The number of hydrogen-bond acceptors (Lipinski definition) is 7. The maximum Gasteiger partial charge on any atom is 0.295 e. The third-order valence-electron chi connectivity index (χ3n) is 7.34. The lowest BCUT2D eigenvalue weighted by Crippen LogP contribution is -2.33. The normalized spacial score (nSPS) is 18.2. The van der Waals surface area contributed by atoms with Gasteiger partial charge >= 0.3 is 0 Å². The van der Waals surface area contributed by atoms with Crippen LogP contribution in [0, 0.1) is 0 Å². The monoisotopic (exact) mass is 536 g/mol. The van der Waals surface area contributed by atoms with Crippen LogP contribution in [-0.4, -0.2) is 72.6 Å². The van der Waals surface area contributed by atoms with E-state index < -0.39 is 17.7 Å². The van der Waals surface area contributed by atoms with E-state index in [2.05, 4.69) is 25.7 Å². The molecule has 4 rings (SSSR count). The van der Waals surface area contributed by atoms with E-state index in [4.69, 9.17) is 14.2 Å². The molecule has 0 bridgehead atoms. The fourth-order valence-corrected chi connectivity index (χ4v) is 5.10. The number of benzene rings is 2. The Morgan fingerprint density at radius 2 is 1.69 bits per heavy atom. The van der Waals surface area contributed by atoms with E-state index in [9.17, 15) is 14.7 Å². The van der Waals surface area contributed by atoms with Gasteiger partial charge in [0, 0.05) is 12.1 Å². The smallest absolute Gasteiger partial charge is 0.295 e. The fourth-order valence-electron chi connectivity index (χ4n) is 5.10. The number of rotatable bonds is 13. The van der Waals surface area contributed by atoms with Crippen molar-refractivity contribution in [2.75, 3.05) is 46.0 Å². The van der Waals surface area contributed by atoms with E-state index in [0.717, 1.165) is 50.2 Å². The van der Waals surface area contributed by atoms with Crippen molar-refractivity contribution in [3.8, 4) is 17.2 Å². The van der Waals surface area contributed by atoms with Crippen LogP contribution < -0.4 is 14.2 Å². The van der Waals surface area contributed by atoms with Gasteiger partial charge in [-0.3, -0.25) is 9.59 Å². The quantitative estimate of drug-likeness (QED) is 0.163. The molecule has 2 aliphatic heterocycles. The highest BCUT2D eigenvalue weighted by molar-refractivity contribution is 6.46. The van der Waals surface area contributed by atoms with Crippen LogP contribution in [0.4, 0.5) is 0 Å². The molecule has 1 saturated heterocycles. The summed E-state index contributed by atoms with van der Waals surface area (Å²) < 4.78 is 17.1. The molecule has 39 heavy (non-hydrogen) atoms. The maximum absolute atomic E-state index is 13.4. The summed E-state index contributed by atoms with van der Waals surface area (Å²) in [7, 11) is 0. The molecule has 1 fully saturated rings. The highest BCUT2D eigenvalue weighted by Crippen LogP contribution is 2.41. The van der Waals surface area contributed by atoms with Gasteiger partial charge < -0.3 is 29.1 Å². The Bertz CT molecular complexity index is 1170. The molecule has 0 radical (unpaired) electrons. The summed E-state index contributed by atoms with van der Waals surface area (Å²) in [5.41, 5.74) is 1.23. The second kappa shape index (κ2) is 13.5. The fraction of sp³-hybridized carbons (Fsp3) is 0.484. The summed E-state index contributed by atoms with van der Waals surface area (Å²) in [6, 6.07) is 11.8. The van der Waals surface area contributed by atoms with Crippen LogP contribution in [0.25, 0.3) is 5.76 Å². The van der Waals surface area contributed by atoms with Crippen molar-refractivity contribution in [1.29, 1.82) is 0 Å². The summed E-state index contributed by atoms with van der Waals surface area (Å²) in [5.74, 6) is 0.316. The number of unbranched alkanes of at least 4 members (excludes halogenated alkanes) is 2. The summed E-state index contributed by atoms with van der Waals surface area (Å²) in [6.07, 6.45) is 3.94. The predicted octanol–water partition coefficient (Wildman–Crippen LogP) is 5.18. The number of ether oxygens (including phenoxy) is 3. The van der Waals surface area contributed by atoms with Crippen LogP contribution in [0.15, 0.2) is 48.0 Å². The first-order valence-electron chi connectivity index (χ1n) is 14.1. The third-order valence-corrected chi connectivity index (χ3v) is 7.34. The number of amides is 1. The molecule has 2 aromatic rings. The number of Topliss-reactive ketones (excluding diaryl/α,β-unsaturated/α-hetero) is 1. The number of carbonyl (C=O) groups is 2. The van der Waals surface area contributed by atoms with Gasteiger partial charge in [-0.2, -0.15) is 0 Å². The molecule has 0 spiro atoms. The molecule has 210 valence electrons. The standard InChI is InChI=1S/C31H40N2O6/c1-4-7-8-18-37-24-13-10-22(11-14-24)28-27(29(34)23-12-15-25-26(21-23)39-20-19-38-25)30(35)31(36)33(28)17-9-16-32(5-2)6-3/h10-15,21,28,34H,4-9,16-20H2,1-3H3/b29-27+. The molecule has 0 aliphatic carbocycles. The molecule has 8 nitrogen and oxygen atoms in total. The van der Waals surface area contributed by atoms with Crippen LogP contribution in [-0.2, 0) is 9.59 Å². The first-order chi connectivity index (χ1) is 19.0. The van der Waals surface area contributed by atoms with Crippen molar-refractivity contribution in [2.24, 2.45) is 0 Å². The Kier molecular flexibility index (Phi) is 9.87. The van der Waals surface area contributed by atoms with Crippen molar-refractivity contribution < 1.29 is 28.9 Å². The summed E-state index contributed by atoms with van der Waals surface area (Å²) in [6.45, 7) is 10.9. The Labute approximate surface area is 231 Å². The zero-order valence-electron chi connectivity index (χ0n) is 23.3. The minimum absolute atomic E-state index is 0.0798. The van der Waals surface area contributed by atoms with Gasteiger partial charge in [-0.05, 0) is 68.4 Å². The van der Waals surface area contributed by atoms with Crippen molar-refractivity contribution in [3.63, 3.8) is 0 Å². The molecule has 2 aliphatic rings. The SMILES string of the molecule is CCCCCOc1ccc(C2/C(=C(\O)c3ccc4c(c3)OCCO4)C(=O)C(=O)N2CCCN(CC)CC)cc1. The van der Waals surface area contributed by atoms with E-state index in [1.807, 2.05) is 24.3 Å². The van der Waals surface area contributed by atoms with Gasteiger partial charge in [0.05, 0.1) is 18.2 Å². The highest BCUT2D eigenvalue weighted by atomic mass is 16.6. The van der Waals surface area contributed by atoms with Crippen molar-refractivity contribution in [2.45, 2.75) is 52.5 Å². The Morgan fingerprint density at radius 1 is 0.974 bits per heavy atom. The Balaban J connectivity index is 1.66. The minimum atomic E-state index is -0.705. The van der Waals surface area contributed by atoms with E-state index in [-0.39, 0.29) is 11.3 Å². The Hall–Kier alpha value is -3.52. The number of likely N-dealkylation sites (tertiary alicyclic amines) is 1. The number of aliphatic hydroxyl groups excluding tert-OH is 1. The summed E-state index contributed by atoms with van der Waals surface area (Å²) in [5, 5.41) is 11.4. The largest absolute Gasteiger partial charge is 0.507 e. The molecule has 1 atom stereocenters. The highest BCUT2D eigenvalue weighted by Gasteiger charge is 2.45. The van der Waals surface area contributed by atoms with E-state index in [1.54, 1.807) is 23.1 Å². The van der Waals surface area contributed by atoms with Crippen molar-refractivity contribution in [3.05, 3.63) is 59.2 Å². The molecule has 1 amide bonds. The molecule has 2 heterocycles. The summed E-state index contributed by atoms with van der Waals surface area (Å²) >= 11 is 0. The number of ketones is 1. The van der Waals surface area contributed by atoms with Crippen LogP contribution in [0.3, 0.4) is 0 Å². The van der Waals surface area contributed by atoms with E-state index >= 15 is 0 Å². The zero-order valence-corrected chi connectivity index (χ0v) is 23.3. The van der Waals surface area contributed by atoms with Crippen molar-refractivity contribution in [1.82, 2.24) is 9.80 Å². The zero-order chi connectivity index (χ0) is 27.8. The average molecular weight is 537 g/mol. The average Bonchev–Trinajstić information content (AvgIpc) is 3.22. The number of fused-ring (bicyclic) bond motifs is 1. The molecule has 0 saturated carbocycles. The number of nitrogens with zero attached hydrogens (tertiary/aromatic N) is 2. The van der Waals surface area contributed by atoms with E-state index in [1.165, 1.54) is 0 Å². The number of aliphatic hydroxyl groups is 1. The van der Waals surface area contributed by atoms with Crippen LogP contribution in [0.1, 0.15) is 63.6 Å². The molecule has 0 aromatic heterocycles. The van der Waals surface area contributed by atoms with Gasteiger partial charge in [0.25, 0.3) is 11.7 Å². The van der Waals surface area contributed by atoms with E-state index in [0.29, 0.717) is 49.8 Å². The molecule has 1 N–H and O–H groups in total. The van der Waals surface area contributed by atoms with Crippen molar-refractivity contribution >= 4 is 17.4 Å². The van der Waals surface area contributed by atoms with Gasteiger partial charge in [0.15, 0.2) is 11.5 Å². The number of hydrogen-bond donors (Lipinski definition) is 1. The lowest BCUT2D eigenvalue weighted by molar-refractivity contribution is -0.140. The van der Waals surface area contributed by atoms with Gasteiger partial charge in [-0.1, -0.05) is 45.7 Å². The molecule has 1 unspecified atom stereocenters. The molecule has 2 aromatic carbocycles. The summed E-state index contributed by atoms with van der Waals surface area (Å²) in [4.78, 5) is 30.6. The van der Waals surface area contributed by atoms with Gasteiger partial charge in [-0.15, -0.1) is 0 Å². The van der Waals surface area contributed by atoms with Crippen LogP contribution >= 0.6 is 0 Å². The maximum atomic E-state index is 13.4. The second-order valence-corrected chi connectivity index (χ2v) is 9.86. The second-order valence-electron chi connectivity index (χ2n) is 9.86. The third kappa shape index (κ3) is 6.56. The molecular weight excluding hydrogens is 496 g/mol. The predicted molar refractivity (Wildman–Crippen MR) is 150 cm³/mol. The van der Waals surface area contributed by atoms with Crippen LogP contribution in [0.5, 0.6) is 17.2 Å². The van der Waals surface area contributed by atoms with Crippen LogP contribution in [0.2, 0.25) is 0 Å². The van der Waals surface area contributed by atoms with Gasteiger partial charge in [0.1, 0.15) is 24.7 Å². The number of carbonyl (C=O) groups excluding carboxylic acids is 2. The van der Waals surface area contributed by atoms with Gasteiger partial charge in [-0.25, -0.2) is 0 Å². The topological polar surface area (TPSA) is 88.5 Å². The lowest BCUT2D eigenvalue weighted by Gasteiger charge is -2.27. The lowest BCUT2D eigenvalue weighted by atomic mass is 9.95. The first-order valence-corrected chi connectivity index (χ1v) is 14.1. The molecular formula is C31H40N2O6. The Morgan fingerprint density at radius 3 is 2.38 bits per heavy atom. The van der Waals surface area contributed by atoms with Gasteiger partial charge in [0.2, 0.25) is 0 Å². The molecule has 8 heteroatoms. The minimum Gasteiger partial charge on any atom is -0.507 e. The first kappa shape index (κ1) is 28.5.